The van der Waals surface area contributed by atoms with Crippen molar-refractivity contribution < 1.29 is 23.9 Å². The molecule has 0 saturated carbocycles. The summed E-state index contributed by atoms with van der Waals surface area (Å²) in [7, 11) is 1.48. The molecule has 3 rings (SSSR count). The number of urea groups is 1. The lowest BCUT2D eigenvalue weighted by atomic mass is 10.3. The molecule has 1 aliphatic heterocycles. The van der Waals surface area contributed by atoms with Crippen LogP contribution in [0.5, 0.6) is 5.75 Å². The molecule has 27 heavy (non-hydrogen) atoms. The Balaban J connectivity index is 1.75. The Labute approximate surface area is 159 Å². The van der Waals surface area contributed by atoms with Crippen LogP contribution in [-0.2, 0) is 14.4 Å². The first-order chi connectivity index (χ1) is 12.9. The van der Waals surface area contributed by atoms with Gasteiger partial charge in [-0.25, -0.2) is 14.6 Å². The number of nitrogens with zero attached hydrogens (tertiary/aromatic N) is 2. The maximum absolute atomic E-state index is 12.5. The van der Waals surface area contributed by atoms with Crippen molar-refractivity contribution in [2.75, 3.05) is 23.9 Å². The summed E-state index contributed by atoms with van der Waals surface area (Å²) in [6, 6.07) is 11.6. The summed E-state index contributed by atoms with van der Waals surface area (Å²) < 4.78 is 5.02. The molecule has 0 radical (unpaired) electrons. The van der Waals surface area contributed by atoms with Crippen molar-refractivity contribution in [1.29, 1.82) is 0 Å². The molecule has 1 fully saturated rings. The lowest BCUT2D eigenvalue weighted by Gasteiger charge is -2.16. The van der Waals surface area contributed by atoms with E-state index >= 15 is 0 Å². The van der Waals surface area contributed by atoms with Gasteiger partial charge in [-0.1, -0.05) is 23.7 Å². The molecule has 9 heteroatoms. The summed E-state index contributed by atoms with van der Waals surface area (Å²) >= 11 is 5.96. The van der Waals surface area contributed by atoms with Gasteiger partial charge in [-0.2, -0.15) is 0 Å². The third kappa shape index (κ3) is 3.61. The highest BCUT2D eigenvalue weighted by Gasteiger charge is 2.46. The minimum atomic E-state index is -1.08. The minimum absolute atomic E-state index is 0.202. The average Bonchev–Trinajstić information content (AvgIpc) is 2.87. The molecule has 138 valence electrons. The number of benzene rings is 2. The summed E-state index contributed by atoms with van der Waals surface area (Å²) in [5.41, 5.74) is 0.537. The number of ether oxygens (including phenoxy) is 1. The fraction of sp³-hybridized carbons (Fsp3) is 0.111. The molecule has 0 bridgehead atoms. The van der Waals surface area contributed by atoms with Gasteiger partial charge in [0, 0.05) is 0 Å². The van der Waals surface area contributed by atoms with Gasteiger partial charge in [0.05, 0.1) is 23.5 Å². The molecule has 5 amide bonds. The van der Waals surface area contributed by atoms with Crippen molar-refractivity contribution in [2.24, 2.45) is 0 Å². The number of rotatable bonds is 5. The van der Waals surface area contributed by atoms with E-state index in [4.69, 9.17) is 16.3 Å². The second-order valence-corrected chi connectivity index (χ2v) is 5.95. The van der Waals surface area contributed by atoms with Crippen molar-refractivity contribution in [3.05, 3.63) is 53.6 Å². The van der Waals surface area contributed by atoms with Gasteiger partial charge in [-0.3, -0.25) is 14.4 Å². The first-order valence-corrected chi connectivity index (χ1v) is 8.18. The lowest BCUT2D eigenvalue weighted by molar-refractivity contribution is -0.140. The van der Waals surface area contributed by atoms with Gasteiger partial charge >= 0.3 is 17.8 Å². The van der Waals surface area contributed by atoms with E-state index in [2.05, 4.69) is 5.32 Å². The van der Waals surface area contributed by atoms with Crippen LogP contribution >= 0.6 is 11.6 Å². The van der Waals surface area contributed by atoms with Crippen molar-refractivity contribution in [2.45, 2.75) is 0 Å². The Kier molecular flexibility index (Phi) is 5.09. The Morgan fingerprint density at radius 1 is 1.04 bits per heavy atom. The Morgan fingerprint density at radius 3 is 2.33 bits per heavy atom. The van der Waals surface area contributed by atoms with Crippen LogP contribution in [0.3, 0.4) is 0 Å². The summed E-state index contributed by atoms with van der Waals surface area (Å²) in [5, 5.41) is 2.81. The lowest BCUT2D eigenvalue weighted by Crippen LogP contribution is -2.39. The monoisotopic (exact) mass is 387 g/mol. The topological polar surface area (TPSA) is 96.0 Å². The number of hydrogen-bond acceptors (Lipinski definition) is 5. The van der Waals surface area contributed by atoms with Crippen LogP contribution in [0.25, 0.3) is 0 Å². The van der Waals surface area contributed by atoms with Gasteiger partial charge in [0.2, 0.25) is 5.91 Å². The zero-order valence-corrected chi connectivity index (χ0v) is 14.9. The van der Waals surface area contributed by atoms with Crippen molar-refractivity contribution in [1.82, 2.24) is 4.90 Å². The number of halogens is 1. The van der Waals surface area contributed by atoms with E-state index in [0.717, 1.165) is 0 Å². The molecule has 1 saturated heterocycles. The fourth-order valence-electron chi connectivity index (χ4n) is 2.50. The summed E-state index contributed by atoms with van der Waals surface area (Å²) in [6.45, 7) is -0.610. The van der Waals surface area contributed by atoms with Crippen molar-refractivity contribution in [3.63, 3.8) is 0 Å². The first-order valence-electron chi connectivity index (χ1n) is 7.80. The van der Waals surface area contributed by atoms with E-state index in [1.165, 1.54) is 19.2 Å². The standard InChI is InChI=1S/C18H14ClN3O5/c1-27-12-8-6-11(7-9-12)22-17(25)16(24)21(18(22)26)10-15(23)20-14-5-3-2-4-13(14)19/h2-9H,10H2,1H3,(H,20,23). The molecule has 2 aromatic rings. The highest BCUT2D eigenvalue weighted by atomic mass is 35.5. The maximum atomic E-state index is 12.5. The molecule has 0 atom stereocenters. The Bertz CT molecular complexity index is 929. The molecular formula is C18H14ClN3O5. The number of amides is 5. The first kappa shape index (κ1) is 18.4. The van der Waals surface area contributed by atoms with Crippen LogP contribution in [0.1, 0.15) is 0 Å². The normalized spacial score (nSPS) is 13.9. The largest absolute Gasteiger partial charge is 0.497 e. The zero-order chi connectivity index (χ0) is 19.6. The minimum Gasteiger partial charge on any atom is -0.497 e. The number of carbonyl (C=O) groups is 4. The number of carbonyl (C=O) groups excluding carboxylic acids is 4. The molecule has 8 nitrogen and oxygen atoms in total. The predicted molar refractivity (Wildman–Crippen MR) is 97.7 cm³/mol. The Hall–Kier alpha value is -3.39. The van der Waals surface area contributed by atoms with E-state index in [9.17, 15) is 19.2 Å². The van der Waals surface area contributed by atoms with Gasteiger partial charge in [0.25, 0.3) is 0 Å². The summed E-state index contributed by atoms with van der Waals surface area (Å²) in [6.07, 6.45) is 0. The molecule has 1 N–H and O–H groups in total. The predicted octanol–water partition coefficient (Wildman–Crippen LogP) is 2.28. The second kappa shape index (κ2) is 7.46. The van der Waals surface area contributed by atoms with Crippen LogP contribution in [0.15, 0.2) is 48.5 Å². The molecule has 1 heterocycles. The van der Waals surface area contributed by atoms with Gasteiger partial charge < -0.3 is 10.1 Å². The highest BCUT2D eigenvalue weighted by Crippen LogP contribution is 2.25. The quantitative estimate of drug-likeness (QED) is 0.627. The van der Waals surface area contributed by atoms with E-state index in [1.54, 1.807) is 36.4 Å². The Morgan fingerprint density at radius 2 is 1.70 bits per heavy atom. The molecule has 2 aromatic carbocycles. The smallest absolute Gasteiger partial charge is 0.339 e. The van der Waals surface area contributed by atoms with Crippen molar-refractivity contribution in [3.8, 4) is 5.75 Å². The van der Waals surface area contributed by atoms with Crippen LogP contribution in [0.4, 0.5) is 16.2 Å². The van der Waals surface area contributed by atoms with Crippen LogP contribution in [0.2, 0.25) is 5.02 Å². The fourth-order valence-corrected chi connectivity index (χ4v) is 2.68. The number of imide groups is 2. The van der Waals surface area contributed by atoms with Crippen LogP contribution in [-0.4, -0.2) is 42.3 Å². The van der Waals surface area contributed by atoms with E-state index in [1.807, 2.05) is 0 Å². The van der Waals surface area contributed by atoms with Gasteiger partial charge in [-0.15, -0.1) is 0 Å². The van der Waals surface area contributed by atoms with E-state index < -0.39 is 30.3 Å². The van der Waals surface area contributed by atoms with E-state index in [-0.39, 0.29) is 5.69 Å². The molecule has 0 aliphatic carbocycles. The molecule has 0 unspecified atom stereocenters. The third-order valence-corrected chi connectivity index (χ3v) is 4.16. The van der Waals surface area contributed by atoms with E-state index in [0.29, 0.717) is 26.3 Å². The number of nitrogens with one attached hydrogen (secondary N) is 1. The molecule has 0 aromatic heterocycles. The molecular weight excluding hydrogens is 374 g/mol. The number of hydrogen-bond donors (Lipinski definition) is 1. The molecule has 0 spiro atoms. The third-order valence-electron chi connectivity index (χ3n) is 3.83. The van der Waals surface area contributed by atoms with Gasteiger partial charge in [-0.05, 0) is 36.4 Å². The highest BCUT2D eigenvalue weighted by molar-refractivity contribution is 6.53. The second-order valence-electron chi connectivity index (χ2n) is 5.54. The average molecular weight is 388 g/mol. The number of para-hydroxylation sites is 1. The zero-order valence-electron chi connectivity index (χ0n) is 14.1. The van der Waals surface area contributed by atoms with Gasteiger partial charge in [0.15, 0.2) is 0 Å². The van der Waals surface area contributed by atoms with Crippen molar-refractivity contribution >= 4 is 46.7 Å². The summed E-state index contributed by atoms with van der Waals surface area (Å²) in [5.74, 6) is -2.24. The van der Waals surface area contributed by atoms with Crippen LogP contribution < -0.4 is 15.0 Å². The molecule has 1 aliphatic rings. The van der Waals surface area contributed by atoms with Gasteiger partial charge in [0.1, 0.15) is 12.3 Å². The maximum Gasteiger partial charge on any atom is 0.339 e. The van der Waals surface area contributed by atoms with Crippen LogP contribution in [0, 0.1) is 0 Å². The number of methoxy groups -OCH3 is 1. The SMILES string of the molecule is COc1ccc(N2C(=O)C(=O)N(CC(=O)Nc3ccccc3Cl)C2=O)cc1. The number of anilines is 2. The summed E-state index contributed by atoms with van der Waals surface area (Å²) in [4.78, 5) is 50.4.